The first-order chi connectivity index (χ1) is 12.2. The van der Waals surface area contributed by atoms with Crippen LogP contribution in [0.3, 0.4) is 0 Å². The van der Waals surface area contributed by atoms with Gasteiger partial charge in [-0.15, -0.1) is 0 Å². The number of rotatable bonds is 7. The molecule has 0 spiro atoms. The molecule has 142 valence electrons. The molecule has 1 heterocycles. The van der Waals surface area contributed by atoms with E-state index in [-0.39, 0.29) is 30.7 Å². The first kappa shape index (κ1) is 20.2. The first-order valence-electron chi connectivity index (χ1n) is 8.25. The van der Waals surface area contributed by atoms with Crippen LogP contribution in [0.5, 0.6) is 5.75 Å². The minimum atomic E-state index is -0.752. The number of fused-ring (bicyclic) bond motifs is 1. The highest BCUT2D eigenvalue weighted by Crippen LogP contribution is 2.48. The van der Waals surface area contributed by atoms with Gasteiger partial charge in [0.05, 0.1) is 25.3 Å². The summed E-state index contributed by atoms with van der Waals surface area (Å²) in [5.74, 6) is -0.239. The monoisotopic (exact) mass is 426 g/mol. The number of carbonyl (C=O) groups excluding carboxylic acids is 3. The molecule has 0 aromatic heterocycles. The van der Waals surface area contributed by atoms with Crippen LogP contribution in [0.1, 0.15) is 32.3 Å². The summed E-state index contributed by atoms with van der Waals surface area (Å²) in [7, 11) is 2.85. The number of amides is 2. The summed E-state index contributed by atoms with van der Waals surface area (Å²) in [5, 5.41) is 2.73. The molecule has 1 aliphatic heterocycles. The van der Waals surface area contributed by atoms with Gasteiger partial charge in [0.2, 0.25) is 11.8 Å². The van der Waals surface area contributed by atoms with Gasteiger partial charge in [-0.25, -0.2) is 0 Å². The molecule has 1 aromatic rings. The maximum Gasteiger partial charge on any atom is 0.305 e. The molecule has 0 radical (unpaired) electrons. The summed E-state index contributed by atoms with van der Waals surface area (Å²) in [4.78, 5) is 37.7. The summed E-state index contributed by atoms with van der Waals surface area (Å²) >= 11 is 3.43. The number of hydrogen-bond donors (Lipinski definition) is 1. The number of halogens is 1. The second kappa shape index (κ2) is 8.07. The van der Waals surface area contributed by atoms with Crippen molar-refractivity contribution in [3.63, 3.8) is 0 Å². The molecule has 0 unspecified atom stereocenters. The van der Waals surface area contributed by atoms with Gasteiger partial charge in [0.25, 0.3) is 0 Å². The van der Waals surface area contributed by atoms with Crippen molar-refractivity contribution in [1.29, 1.82) is 0 Å². The SMILES string of the molecule is COC(=O)CCCNC(=O)CN1C(=O)C(C)(C)c2cc(Br)cc(OC)c21. The summed E-state index contributed by atoms with van der Waals surface area (Å²) in [6, 6.07) is 3.65. The smallest absolute Gasteiger partial charge is 0.305 e. The molecule has 2 rings (SSSR count). The van der Waals surface area contributed by atoms with Crippen LogP contribution in [-0.2, 0) is 24.5 Å². The molecule has 1 N–H and O–H groups in total. The third kappa shape index (κ3) is 4.00. The van der Waals surface area contributed by atoms with Gasteiger partial charge in [-0.05, 0) is 38.0 Å². The largest absolute Gasteiger partial charge is 0.495 e. The number of methoxy groups -OCH3 is 2. The highest BCUT2D eigenvalue weighted by atomic mass is 79.9. The fourth-order valence-corrected chi connectivity index (χ4v) is 3.39. The van der Waals surface area contributed by atoms with Gasteiger partial charge in [0.15, 0.2) is 0 Å². The van der Waals surface area contributed by atoms with Gasteiger partial charge in [0, 0.05) is 17.4 Å². The van der Waals surface area contributed by atoms with Crippen LogP contribution in [0.2, 0.25) is 0 Å². The van der Waals surface area contributed by atoms with E-state index in [1.54, 1.807) is 6.07 Å². The fraction of sp³-hybridized carbons (Fsp3) is 0.500. The highest BCUT2D eigenvalue weighted by Gasteiger charge is 2.46. The van der Waals surface area contributed by atoms with Crippen LogP contribution in [0.15, 0.2) is 16.6 Å². The quantitative estimate of drug-likeness (QED) is 0.533. The van der Waals surface area contributed by atoms with Gasteiger partial charge in [0.1, 0.15) is 12.3 Å². The zero-order chi connectivity index (χ0) is 19.5. The molecular weight excluding hydrogens is 404 g/mol. The lowest BCUT2D eigenvalue weighted by Gasteiger charge is -2.20. The maximum atomic E-state index is 12.9. The van der Waals surface area contributed by atoms with Crippen molar-refractivity contribution in [2.24, 2.45) is 0 Å². The Labute approximate surface area is 161 Å². The lowest BCUT2D eigenvalue weighted by atomic mass is 9.86. The minimum absolute atomic E-state index is 0.106. The third-order valence-electron chi connectivity index (χ3n) is 4.39. The molecule has 8 heteroatoms. The molecule has 1 aliphatic rings. The molecule has 7 nitrogen and oxygen atoms in total. The molecule has 26 heavy (non-hydrogen) atoms. The second-order valence-electron chi connectivity index (χ2n) is 6.55. The Morgan fingerprint density at radius 2 is 1.96 bits per heavy atom. The maximum absolute atomic E-state index is 12.9. The van der Waals surface area contributed by atoms with Crippen molar-refractivity contribution in [3.05, 3.63) is 22.2 Å². The zero-order valence-corrected chi connectivity index (χ0v) is 16.9. The van der Waals surface area contributed by atoms with Crippen LogP contribution < -0.4 is 15.0 Å². The number of esters is 1. The predicted molar refractivity (Wildman–Crippen MR) is 100 cm³/mol. The lowest BCUT2D eigenvalue weighted by Crippen LogP contribution is -2.43. The normalized spacial score (nSPS) is 14.8. The molecule has 1 aromatic carbocycles. The fourth-order valence-electron chi connectivity index (χ4n) is 2.95. The Balaban J connectivity index is 2.12. The summed E-state index contributed by atoms with van der Waals surface area (Å²) < 4.78 is 10.8. The topological polar surface area (TPSA) is 84.9 Å². The molecule has 0 fully saturated rings. The number of hydrogen-bond acceptors (Lipinski definition) is 5. The molecule has 0 saturated carbocycles. The predicted octanol–water partition coefficient (Wildman–Crippen LogP) is 2.15. The van der Waals surface area contributed by atoms with E-state index in [2.05, 4.69) is 26.0 Å². The van der Waals surface area contributed by atoms with Crippen molar-refractivity contribution < 1.29 is 23.9 Å². The third-order valence-corrected chi connectivity index (χ3v) is 4.85. The molecule has 0 aliphatic carbocycles. The number of nitrogens with zero attached hydrogens (tertiary/aromatic N) is 1. The van der Waals surface area contributed by atoms with Gasteiger partial charge < -0.3 is 14.8 Å². The standard InChI is InChI=1S/C18H23BrN2O5/c1-18(2)12-8-11(19)9-13(25-3)16(12)21(17(18)24)10-14(22)20-7-5-6-15(23)26-4/h8-9H,5-7,10H2,1-4H3,(H,20,22). The summed E-state index contributed by atoms with van der Waals surface area (Å²) in [5.41, 5.74) is 0.681. The van der Waals surface area contributed by atoms with E-state index < -0.39 is 5.41 Å². The Morgan fingerprint density at radius 1 is 1.27 bits per heavy atom. The van der Waals surface area contributed by atoms with Crippen LogP contribution in [-0.4, -0.2) is 45.1 Å². The van der Waals surface area contributed by atoms with Crippen LogP contribution in [0.25, 0.3) is 0 Å². The molecule has 0 saturated heterocycles. The van der Waals surface area contributed by atoms with Crippen molar-refractivity contribution in [1.82, 2.24) is 5.32 Å². The van der Waals surface area contributed by atoms with E-state index in [0.29, 0.717) is 24.4 Å². The first-order valence-corrected chi connectivity index (χ1v) is 9.05. The number of carbonyl (C=O) groups is 3. The summed E-state index contributed by atoms with van der Waals surface area (Å²) in [6.45, 7) is 3.89. The van der Waals surface area contributed by atoms with E-state index in [1.165, 1.54) is 19.1 Å². The van der Waals surface area contributed by atoms with Gasteiger partial charge in [-0.1, -0.05) is 15.9 Å². The number of benzene rings is 1. The van der Waals surface area contributed by atoms with Crippen molar-refractivity contribution in [3.8, 4) is 5.75 Å². The lowest BCUT2D eigenvalue weighted by molar-refractivity contribution is -0.140. The molecular formula is C18H23BrN2O5. The average Bonchev–Trinajstić information content (AvgIpc) is 2.78. The van der Waals surface area contributed by atoms with Crippen molar-refractivity contribution in [2.45, 2.75) is 32.1 Å². The van der Waals surface area contributed by atoms with E-state index >= 15 is 0 Å². The van der Waals surface area contributed by atoms with Crippen molar-refractivity contribution in [2.75, 3.05) is 32.2 Å². The number of nitrogens with one attached hydrogen (secondary N) is 1. The minimum Gasteiger partial charge on any atom is -0.495 e. The average molecular weight is 427 g/mol. The van der Waals surface area contributed by atoms with Gasteiger partial charge in [-0.2, -0.15) is 0 Å². The summed E-state index contributed by atoms with van der Waals surface area (Å²) in [6.07, 6.45) is 0.710. The molecule has 2 amide bonds. The number of anilines is 1. The van der Waals surface area contributed by atoms with Gasteiger partial charge >= 0.3 is 5.97 Å². The van der Waals surface area contributed by atoms with E-state index in [4.69, 9.17) is 4.74 Å². The highest BCUT2D eigenvalue weighted by molar-refractivity contribution is 9.10. The Hall–Kier alpha value is -2.09. The second-order valence-corrected chi connectivity index (χ2v) is 7.47. The number of ether oxygens (including phenoxy) is 2. The Bertz CT molecular complexity index is 733. The molecule has 0 atom stereocenters. The van der Waals surface area contributed by atoms with Crippen molar-refractivity contribution >= 4 is 39.4 Å². The zero-order valence-electron chi connectivity index (χ0n) is 15.3. The van der Waals surface area contributed by atoms with Gasteiger partial charge in [-0.3, -0.25) is 19.3 Å². The Morgan fingerprint density at radius 3 is 2.58 bits per heavy atom. The van der Waals surface area contributed by atoms with Crippen LogP contribution in [0.4, 0.5) is 5.69 Å². The molecule has 0 bridgehead atoms. The Kier molecular flexibility index (Phi) is 6.28. The van der Waals surface area contributed by atoms with E-state index in [9.17, 15) is 14.4 Å². The van der Waals surface area contributed by atoms with Crippen LogP contribution >= 0.6 is 15.9 Å². The van der Waals surface area contributed by atoms with Crippen LogP contribution in [0, 0.1) is 0 Å². The van der Waals surface area contributed by atoms with E-state index in [1.807, 2.05) is 19.9 Å². The van der Waals surface area contributed by atoms with E-state index in [0.717, 1.165) is 10.0 Å².